The second-order valence-electron chi connectivity index (χ2n) is 16.7. The van der Waals surface area contributed by atoms with Gasteiger partial charge in [0.2, 0.25) is 70.9 Å². The van der Waals surface area contributed by atoms with Crippen molar-refractivity contribution in [3.05, 3.63) is 0 Å². The third kappa shape index (κ3) is 26.5. The molecule has 33 heteroatoms. The van der Waals surface area contributed by atoms with Crippen LogP contribution in [0.25, 0.3) is 0 Å². The molecule has 74 heavy (non-hydrogen) atoms. The number of carbonyl (C=O) groups is 13. The lowest BCUT2D eigenvalue weighted by molar-refractivity contribution is -0.163. The van der Waals surface area contributed by atoms with Crippen molar-refractivity contribution in [2.45, 2.75) is 115 Å². The Morgan fingerprint density at radius 1 is 0.432 bits per heavy atom. The van der Waals surface area contributed by atoms with Crippen LogP contribution in [0.2, 0.25) is 0 Å². The Labute approximate surface area is 423 Å². The Balaban J connectivity index is 6.03. The largest absolute Gasteiger partial charge is 0.480 e. The van der Waals surface area contributed by atoms with Crippen LogP contribution in [0.3, 0.4) is 0 Å². The number of nitrogens with one attached hydrogen (secondary N) is 9. The number of amides is 12. The van der Waals surface area contributed by atoms with Gasteiger partial charge in [-0.25, -0.2) is 15.2 Å². The maximum Gasteiger partial charge on any atom is 0.322 e. The van der Waals surface area contributed by atoms with Gasteiger partial charge in [0.15, 0.2) is 0 Å². The fourth-order valence-electron chi connectivity index (χ4n) is 6.04. The van der Waals surface area contributed by atoms with Crippen LogP contribution >= 0.6 is 0 Å². The van der Waals surface area contributed by atoms with Crippen molar-refractivity contribution < 1.29 is 98.4 Å². The van der Waals surface area contributed by atoms with Crippen LogP contribution in [0.4, 0.5) is 0 Å². The molecular formula is C41H71N13O20. The first-order chi connectivity index (χ1) is 34.6. The number of hydrogen-bond donors (Lipinski definition) is 17. The SMILES string of the molecule is CC(=O)N(O)CCCC(NC(=O)CNC(=O)[C@@H](CO)NC(=O)C(CCCN(O)C(C)=O)NC(=O)[C@@H](CO)NC(=O)[C@H](NC(=O)CNC(=O)C(CCCN(O)C(C)=O)NC(=O)[C@H](N)CO)C(C)C)C(=O)NCC(=O)O. The first-order valence-corrected chi connectivity index (χ1v) is 22.9. The first kappa shape index (κ1) is 66.8. The second kappa shape index (κ2) is 35.1. The quantitative estimate of drug-likeness (QED) is 0.0207. The summed E-state index contributed by atoms with van der Waals surface area (Å²) in [7, 11) is 0. The molecule has 18 N–H and O–H groups in total. The number of hydroxylamine groups is 6. The van der Waals surface area contributed by atoms with Gasteiger partial charge in [0.05, 0.1) is 32.9 Å². The number of carbonyl (C=O) groups excluding carboxylic acids is 12. The molecule has 0 aliphatic carbocycles. The zero-order chi connectivity index (χ0) is 56.8. The van der Waals surface area contributed by atoms with Gasteiger partial charge in [0.1, 0.15) is 48.8 Å². The zero-order valence-electron chi connectivity index (χ0n) is 41.6. The molecule has 3 unspecified atom stereocenters. The molecule has 0 heterocycles. The van der Waals surface area contributed by atoms with E-state index in [0.717, 1.165) is 20.8 Å². The molecule has 0 aliphatic rings. The van der Waals surface area contributed by atoms with Crippen LogP contribution < -0.4 is 53.6 Å². The standard InChI is InChI=1S/C41H71N13O20/c1-21(2)34(51-32(62)16-43-37(67)27(47-35(65)25(42)18-55)10-7-13-53(73)23(4)59)41(71)50-30(20-57)40(70)48-28(11-8-14-54(74)24(5)60)39(69)49-29(19-56)38(68)44-15-31(61)46-26(36(66)45-17-33(63)64)9-6-12-52(72)22(3)58/h21,25-30,34,55-57,72-74H,6-20,42H2,1-5H3,(H,43,67)(H,44,68)(H,45,66)(H,46,61)(H,47,65)(H,48,70)(H,49,69)(H,50,71)(H,51,62)(H,63,64)/t25-,26?,27?,28?,29-,30-,34-/m1/s1. The van der Waals surface area contributed by atoms with Gasteiger partial charge in [-0.15, -0.1) is 0 Å². The number of nitrogens with two attached hydrogens (primary N) is 1. The van der Waals surface area contributed by atoms with Crippen molar-refractivity contribution in [1.82, 2.24) is 63.0 Å². The molecule has 0 aliphatic heterocycles. The molecule has 0 spiro atoms. The summed E-state index contributed by atoms with van der Waals surface area (Å²) in [6.07, 6.45) is -1.07. The molecule has 0 radical (unpaired) electrons. The van der Waals surface area contributed by atoms with Crippen LogP contribution in [0.1, 0.15) is 73.1 Å². The average Bonchev–Trinajstić information content (AvgIpc) is 3.34. The predicted octanol–water partition coefficient (Wildman–Crippen LogP) is -8.66. The molecule has 0 aromatic rings. The number of aliphatic hydroxyl groups is 3. The van der Waals surface area contributed by atoms with E-state index in [1.807, 2.05) is 0 Å². The molecular weight excluding hydrogens is 995 g/mol. The highest BCUT2D eigenvalue weighted by Gasteiger charge is 2.33. The van der Waals surface area contributed by atoms with Crippen LogP contribution in [0.15, 0.2) is 0 Å². The number of rotatable bonds is 35. The maximum atomic E-state index is 13.6. The van der Waals surface area contributed by atoms with Gasteiger partial charge in [-0.1, -0.05) is 13.8 Å². The Bertz CT molecular complexity index is 1960. The molecule has 0 bridgehead atoms. The fourth-order valence-corrected chi connectivity index (χ4v) is 6.04. The minimum Gasteiger partial charge on any atom is -0.480 e. The van der Waals surface area contributed by atoms with E-state index in [-0.39, 0.29) is 56.8 Å². The smallest absolute Gasteiger partial charge is 0.322 e. The van der Waals surface area contributed by atoms with Gasteiger partial charge in [0.25, 0.3) is 0 Å². The van der Waals surface area contributed by atoms with E-state index in [1.165, 1.54) is 13.8 Å². The zero-order valence-corrected chi connectivity index (χ0v) is 41.6. The highest BCUT2D eigenvalue weighted by atomic mass is 16.5. The van der Waals surface area contributed by atoms with Crippen molar-refractivity contribution in [3.63, 3.8) is 0 Å². The Morgan fingerprint density at radius 2 is 0.757 bits per heavy atom. The topological polar surface area (TPSA) is 508 Å². The van der Waals surface area contributed by atoms with Crippen molar-refractivity contribution in [1.29, 1.82) is 0 Å². The fraction of sp³-hybridized carbons (Fsp3) is 0.683. The molecule has 0 saturated carbocycles. The van der Waals surface area contributed by atoms with Crippen LogP contribution in [-0.2, 0) is 62.3 Å². The Hall–Kier alpha value is -7.17. The number of nitrogens with zero attached hydrogens (tertiary/aromatic N) is 3. The number of aliphatic carboxylic acids is 1. The lowest BCUT2D eigenvalue weighted by Gasteiger charge is -2.27. The minimum absolute atomic E-state index is 0.0223. The molecule has 33 nitrogen and oxygen atoms in total. The first-order valence-electron chi connectivity index (χ1n) is 22.9. The molecule has 7 atom stereocenters. The molecule has 0 saturated heterocycles. The predicted molar refractivity (Wildman–Crippen MR) is 248 cm³/mol. The summed E-state index contributed by atoms with van der Waals surface area (Å²) in [5.41, 5.74) is 5.52. The van der Waals surface area contributed by atoms with Crippen molar-refractivity contribution >= 4 is 76.9 Å². The van der Waals surface area contributed by atoms with Gasteiger partial charge in [-0.3, -0.25) is 78.0 Å². The monoisotopic (exact) mass is 1070 g/mol. The second-order valence-corrected chi connectivity index (χ2v) is 16.7. The average molecular weight is 1070 g/mol. The van der Waals surface area contributed by atoms with Crippen molar-refractivity contribution in [2.75, 3.05) is 59.1 Å². The van der Waals surface area contributed by atoms with E-state index in [1.54, 1.807) is 0 Å². The number of aliphatic hydroxyl groups excluding tert-OH is 3. The van der Waals surface area contributed by atoms with Gasteiger partial charge < -0.3 is 74.0 Å². The van der Waals surface area contributed by atoms with Crippen LogP contribution in [0, 0.1) is 5.92 Å². The minimum atomic E-state index is -1.84. The summed E-state index contributed by atoms with van der Waals surface area (Å²) in [5.74, 6) is -13.8. The lowest BCUT2D eigenvalue weighted by atomic mass is 10.0. The summed E-state index contributed by atoms with van der Waals surface area (Å²) >= 11 is 0. The van der Waals surface area contributed by atoms with Crippen LogP contribution in [-0.4, -0.2) is 229 Å². The molecule has 12 amide bonds. The molecule has 0 rings (SSSR count). The Kier molecular flexibility index (Phi) is 31.7. The third-order valence-corrected chi connectivity index (χ3v) is 10.3. The number of carboxylic acids is 1. The third-order valence-electron chi connectivity index (χ3n) is 10.3. The summed E-state index contributed by atoms with van der Waals surface area (Å²) in [6, 6.07) is -11.0. The van der Waals surface area contributed by atoms with E-state index in [0.29, 0.717) is 10.1 Å². The molecule has 0 aromatic carbocycles. The van der Waals surface area contributed by atoms with E-state index < -0.39 is 171 Å². The highest BCUT2D eigenvalue weighted by molar-refractivity contribution is 5.97. The van der Waals surface area contributed by atoms with Crippen molar-refractivity contribution in [3.8, 4) is 0 Å². The van der Waals surface area contributed by atoms with Gasteiger partial charge in [-0.05, 0) is 44.4 Å². The summed E-state index contributed by atoms with van der Waals surface area (Å²) in [5, 5.41) is 88.4. The number of carboxylic acid groups (broad SMARTS) is 1. The van der Waals surface area contributed by atoms with E-state index in [9.17, 15) is 93.3 Å². The van der Waals surface area contributed by atoms with Gasteiger partial charge >= 0.3 is 5.97 Å². The van der Waals surface area contributed by atoms with Crippen LogP contribution in [0.5, 0.6) is 0 Å². The Morgan fingerprint density at radius 3 is 1.15 bits per heavy atom. The van der Waals surface area contributed by atoms with E-state index in [2.05, 4.69) is 47.9 Å². The summed E-state index contributed by atoms with van der Waals surface area (Å²) in [6.45, 7) is -0.248. The lowest BCUT2D eigenvalue weighted by Crippen LogP contribution is -2.60. The summed E-state index contributed by atoms with van der Waals surface area (Å²) < 4.78 is 0. The normalized spacial score (nSPS) is 13.6. The highest BCUT2D eigenvalue weighted by Crippen LogP contribution is 2.07. The maximum absolute atomic E-state index is 13.6. The number of hydrogen-bond acceptors (Lipinski definition) is 20. The molecule has 420 valence electrons. The van der Waals surface area contributed by atoms with Crippen molar-refractivity contribution in [2.24, 2.45) is 11.7 Å². The summed E-state index contributed by atoms with van der Waals surface area (Å²) in [4.78, 5) is 163. The van der Waals surface area contributed by atoms with Gasteiger partial charge in [0, 0.05) is 40.4 Å². The van der Waals surface area contributed by atoms with E-state index in [4.69, 9.17) is 10.8 Å². The van der Waals surface area contributed by atoms with E-state index >= 15 is 0 Å². The molecule has 0 aromatic heterocycles. The molecule has 0 fully saturated rings. The van der Waals surface area contributed by atoms with Gasteiger partial charge in [-0.2, -0.15) is 0 Å².